The van der Waals surface area contributed by atoms with Gasteiger partial charge >= 0.3 is 0 Å². The highest BCUT2D eigenvalue weighted by Crippen LogP contribution is 2.31. The molecule has 2 aliphatic rings. The van der Waals surface area contributed by atoms with E-state index >= 15 is 0 Å². The smallest absolute Gasteiger partial charge is 0.226 e. The quantitative estimate of drug-likeness (QED) is 0.786. The number of likely N-dealkylation sites (tertiary alicyclic amines) is 1. The van der Waals surface area contributed by atoms with Gasteiger partial charge in [-0.3, -0.25) is 4.90 Å². The van der Waals surface area contributed by atoms with Gasteiger partial charge in [-0.15, -0.1) is 0 Å². The SMILES string of the molecule is CN(C)c1nccc(N(C)C2CCCN(Cc3ccc4c(c3)OCCO4)C2)n1. The van der Waals surface area contributed by atoms with Crippen molar-refractivity contribution in [1.29, 1.82) is 0 Å². The van der Waals surface area contributed by atoms with E-state index in [-0.39, 0.29) is 0 Å². The summed E-state index contributed by atoms with van der Waals surface area (Å²) in [6.45, 7) is 4.32. The molecule has 4 rings (SSSR count). The van der Waals surface area contributed by atoms with E-state index in [1.165, 1.54) is 18.4 Å². The highest BCUT2D eigenvalue weighted by molar-refractivity contribution is 5.44. The number of ether oxygens (including phenoxy) is 2. The van der Waals surface area contributed by atoms with Crippen LogP contribution in [0.15, 0.2) is 30.5 Å². The summed E-state index contributed by atoms with van der Waals surface area (Å²) < 4.78 is 11.4. The van der Waals surface area contributed by atoms with Crippen LogP contribution in [0.5, 0.6) is 11.5 Å². The molecule has 3 heterocycles. The number of piperidine rings is 1. The molecule has 150 valence electrons. The number of anilines is 2. The van der Waals surface area contributed by atoms with Gasteiger partial charge in [-0.1, -0.05) is 6.07 Å². The summed E-state index contributed by atoms with van der Waals surface area (Å²) in [5, 5.41) is 0. The zero-order valence-electron chi connectivity index (χ0n) is 17.0. The Labute approximate surface area is 166 Å². The second-order valence-corrected chi connectivity index (χ2v) is 7.73. The lowest BCUT2D eigenvalue weighted by molar-refractivity contribution is 0.170. The lowest BCUT2D eigenvalue weighted by Crippen LogP contribution is -2.46. The van der Waals surface area contributed by atoms with E-state index in [1.54, 1.807) is 0 Å². The molecule has 1 fully saturated rings. The van der Waals surface area contributed by atoms with Gasteiger partial charge in [0.05, 0.1) is 0 Å². The molecule has 7 nitrogen and oxygen atoms in total. The minimum Gasteiger partial charge on any atom is -0.486 e. The molecule has 0 radical (unpaired) electrons. The molecule has 7 heteroatoms. The highest BCUT2D eigenvalue weighted by Gasteiger charge is 2.25. The van der Waals surface area contributed by atoms with Crippen LogP contribution >= 0.6 is 0 Å². The summed E-state index contributed by atoms with van der Waals surface area (Å²) >= 11 is 0. The van der Waals surface area contributed by atoms with Crippen molar-refractivity contribution < 1.29 is 9.47 Å². The third-order valence-corrected chi connectivity index (χ3v) is 5.43. The zero-order valence-corrected chi connectivity index (χ0v) is 17.0. The Morgan fingerprint density at radius 1 is 1.11 bits per heavy atom. The van der Waals surface area contributed by atoms with Crippen molar-refractivity contribution in [3.8, 4) is 11.5 Å². The highest BCUT2D eigenvalue weighted by atomic mass is 16.6. The topological polar surface area (TPSA) is 54.0 Å². The van der Waals surface area contributed by atoms with Gasteiger partial charge in [-0.25, -0.2) is 4.98 Å². The number of hydrogen-bond acceptors (Lipinski definition) is 7. The van der Waals surface area contributed by atoms with Crippen LogP contribution in [0.2, 0.25) is 0 Å². The molecule has 28 heavy (non-hydrogen) atoms. The first-order valence-electron chi connectivity index (χ1n) is 9.94. The van der Waals surface area contributed by atoms with E-state index in [0.29, 0.717) is 19.3 Å². The summed E-state index contributed by atoms with van der Waals surface area (Å²) in [6, 6.07) is 8.73. The van der Waals surface area contributed by atoms with Crippen molar-refractivity contribution in [2.24, 2.45) is 0 Å². The van der Waals surface area contributed by atoms with Gasteiger partial charge in [0.1, 0.15) is 19.0 Å². The number of nitrogens with zero attached hydrogens (tertiary/aromatic N) is 5. The molecule has 0 bridgehead atoms. The summed E-state index contributed by atoms with van der Waals surface area (Å²) in [5.74, 6) is 3.44. The minimum absolute atomic E-state index is 0.441. The molecule has 0 spiro atoms. The summed E-state index contributed by atoms with van der Waals surface area (Å²) in [6.07, 6.45) is 4.20. The Morgan fingerprint density at radius 2 is 1.93 bits per heavy atom. The Kier molecular flexibility index (Phi) is 5.52. The third kappa shape index (κ3) is 4.14. The molecule has 1 aromatic carbocycles. The van der Waals surface area contributed by atoms with Crippen LogP contribution in [0.25, 0.3) is 0 Å². The fourth-order valence-electron chi connectivity index (χ4n) is 3.87. The van der Waals surface area contributed by atoms with Gasteiger partial charge < -0.3 is 19.3 Å². The van der Waals surface area contributed by atoms with Gasteiger partial charge in [0, 0.05) is 46.5 Å². The molecule has 1 atom stereocenters. The average Bonchev–Trinajstić information content (AvgIpc) is 2.73. The number of aromatic nitrogens is 2. The lowest BCUT2D eigenvalue weighted by Gasteiger charge is -2.38. The molecule has 1 unspecified atom stereocenters. The number of likely N-dealkylation sites (N-methyl/N-ethyl adjacent to an activating group) is 1. The fraction of sp³-hybridized carbons (Fsp3) is 0.524. The van der Waals surface area contributed by atoms with Crippen molar-refractivity contribution in [2.75, 3.05) is 57.2 Å². The molecule has 2 aliphatic heterocycles. The van der Waals surface area contributed by atoms with Gasteiger partial charge in [0.2, 0.25) is 5.95 Å². The molecule has 0 aliphatic carbocycles. The monoisotopic (exact) mass is 383 g/mol. The number of benzene rings is 1. The lowest BCUT2D eigenvalue weighted by atomic mass is 10.0. The number of hydrogen-bond donors (Lipinski definition) is 0. The van der Waals surface area contributed by atoms with E-state index in [0.717, 1.165) is 42.9 Å². The first kappa shape index (κ1) is 18.8. The maximum atomic E-state index is 5.73. The van der Waals surface area contributed by atoms with Crippen molar-refractivity contribution in [3.63, 3.8) is 0 Å². The predicted octanol–water partition coefficient (Wildman–Crippen LogP) is 2.41. The van der Waals surface area contributed by atoms with Crippen molar-refractivity contribution in [2.45, 2.75) is 25.4 Å². The number of fused-ring (bicyclic) bond motifs is 1. The van der Waals surface area contributed by atoms with Crippen molar-refractivity contribution >= 4 is 11.8 Å². The van der Waals surface area contributed by atoms with Crippen molar-refractivity contribution in [1.82, 2.24) is 14.9 Å². The van der Waals surface area contributed by atoms with Crippen LogP contribution in [0, 0.1) is 0 Å². The molecule has 1 saturated heterocycles. The third-order valence-electron chi connectivity index (χ3n) is 5.43. The van der Waals surface area contributed by atoms with E-state index < -0.39 is 0 Å². The van der Waals surface area contributed by atoms with Crippen LogP contribution in [0.1, 0.15) is 18.4 Å². The zero-order chi connectivity index (χ0) is 19.5. The van der Waals surface area contributed by atoms with Crippen LogP contribution in [0.3, 0.4) is 0 Å². The van der Waals surface area contributed by atoms with E-state index in [1.807, 2.05) is 37.3 Å². The standard InChI is InChI=1S/C21H29N5O2/c1-24(2)21-22-9-8-20(23-21)25(3)17-5-4-10-26(15-17)14-16-6-7-18-19(13-16)28-12-11-27-18/h6-9,13,17H,4-5,10-12,14-15H2,1-3H3. The average molecular weight is 383 g/mol. The molecule has 1 aromatic heterocycles. The maximum absolute atomic E-state index is 5.73. The largest absolute Gasteiger partial charge is 0.486 e. The van der Waals surface area contributed by atoms with Crippen LogP contribution in [0.4, 0.5) is 11.8 Å². The Morgan fingerprint density at radius 3 is 2.75 bits per heavy atom. The Hall–Kier alpha value is -2.54. The molecular weight excluding hydrogens is 354 g/mol. The van der Waals surface area contributed by atoms with E-state index in [9.17, 15) is 0 Å². The minimum atomic E-state index is 0.441. The molecular formula is C21H29N5O2. The van der Waals surface area contributed by atoms with E-state index in [2.05, 4.69) is 34.0 Å². The van der Waals surface area contributed by atoms with Gasteiger partial charge in [-0.05, 0) is 43.1 Å². The van der Waals surface area contributed by atoms with Crippen LogP contribution < -0.4 is 19.3 Å². The van der Waals surface area contributed by atoms with Gasteiger partial charge in [0.15, 0.2) is 11.5 Å². The Balaban J connectivity index is 1.42. The molecule has 0 saturated carbocycles. The van der Waals surface area contributed by atoms with Gasteiger partial charge in [-0.2, -0.15) is 4.98 Å². The van der Waals surface area contributed by atoms with Crippen LogP contribution in [-0.4, -0.2) is 68.4 Å². The fourth-order valence-corrected chi connectivity index (χ4v) is 3.87. The predicted molar refractivity (Wildman–Crippen MR) is 110 cm³/mol. The van der Waals surface area contributed by atoms with Crippen molar-refractivity contribution in [3.05, 3.63) is 36.0 Å². The molecule has 0 N–H and O–H groups in total. The Bertz CT molecular complexity index is 813. The van der Waals surface area contributed by atoms with Crippen LogP contribution in [-0.2, 0) is 6.54 Å². The normalized spacial score (nSPS) is 19.3. The molecule has 2 aromatic rings. The van der Waals surface area contributed by atoms with E-state index in [4.69, 9.17) is 14.5 Å². The number of rotatable bonds is 5. The second kappa shape index (κ2) is 8.22. The maximum Gasteiger partial charge on any atom is 0.226 e. The first-order chi connectivity index (χ1) is 13.6. The summed E-state index contributed by atoms with van der Waals surface area (Å²) in [7, 11) is 6.07. The second-order valence-electron chi connectivity index (χ2n) is 7.73. The summed E-state index contributed by atoms with van der Waals surface area (Å²) in [4.78, 5) is 15.8. The summed E-state index contributed by atoms with van der Waals surface area (Å²) in [5.41, 5.74) is 1.27. The molecule has 0 amide bonds. The van der Waals surface area contributed by atoms with Gasteiger partial charge in [0.25, 0.3) is 0 Å². The first-order valence-corrected chi connectivity index (χ1v) is 9.94.